The third-order valence-electron chi connectivity index (χ3n) is 4.08. The Kier molecular flexibility index (Phi) is 7.23. The van der Waals surface area contributed by atoms with Crippen molar-refractivity contribution in [3.05, 3.63) is 23.8 Å². The van der Waals surface area contributed by atoms with Crippen LogP contribution < -0.4 is 9.47 Å². The largest absolute Gasteiger partial charge is 0.493 e. The third-order valence-corrected chi connectivity index (χ3v) is 4.08. The summed E-state index contributed by atoms with van der Waals surface area (Å²) in [4.78, 5) is 26.5. The number of carbonyl (C=O) groups is 2. The standard InChI is InChI=1S/C18H26N2O6/c1-13-4-5-15(16(8-13)24-3)26-12-17(21)20-6-7-25-14(10-20)9-19(2)11-18(22)23/h4-5,8,14H,6-7,9-12H2,1-3H3,(H,22,23). The Morgan fingerprint density at radius 1 is 1.38 bits per heavy atom. The molecule has 1 atom stereocenters. The summed E-state index contributed by atoms with van der Waals surface area (Å²) in [6, 6.07) is 5.53. The van der Waals surface area contributed by atoms with Gasteiger partial charge in [0.1, 0.15) is 0 Å². The Balaban J connectivity index is 1.86. The fourth-order valence-electron chi connectivity index (χ4n) is 2.82. The molecule has 0 aliphatic carbocycles. The van der Waals surface area contributed by atoms with Gasteiger partial charge in [0, 0.05) is 19.6 Å². The van der Waals surface area contributed by atoms with Gasteiger partial charge in [0.15, 0.2) is 18.1 Å². The van der Waals surface area contributed by atoms with Gasteiger partial charge in [-0.3, -0.25) is 14.5 Å². The lowest BCUT2D eigenvalue weighted by Crippen LogP contribution is -2.50. The monoisotopic (exact) mass is 366 g/mol. The summed E-state index contributed by atoms with van der Waals surface area (Å²) in [5.74, 6) is 0.0869. The molecule has 2 rings (SSSR count). The molecular weight excluding hydrogens is 340 g/mol. The molecule has 0 bridgehead atoms. The molecule has 1 unspecified atom stereocenters. The van der Waals surface area contributed by atoms with Crippen molar-refractivity contribution >= 4 is 11.9 Å². The number of carboxylic acids is 1. The first-order valence-corrected chi connectivity index (χ1v) is 8.46. The number of ether oxygens (including phenoxy) is 3. The number of hydrogen-bond acceptors (Lipinski definition) is 6. The van der Waals surface area contributed by atoms with Gasteiger partial charge in [0.05, 0.1) is 26.4 Å². The first-order valence-electron chi connectivity index (χ1n) is 8.46. The third kappa shape index (κ3) is 5.89. The molecule has 0 saturated carbocycles. The molecular formula is C18H26N2O6. The Morgan fingerprint density at radius 3 is 2.85 bits per heavy atom. The lowest BCUT2D eigenvalue weighted by Gasteiger charge is -2.34. The van der Waals surface area contributed by atoms with Crippen LogP contribution in [0.4, 0.5) is 0 Å². The summed E-state index contributed by atoms with van der Waals surface area (Å²) in [7, 11) is 3.27. The summed E-state index contributed by atoms with van der Waals surface area (Å²) in [5, 5.41) is 8.82. The van der Waals surface area contributed by atoms with Gasteiger partial charge in [0.2, 0.25) is 0 Å². The van der Waals surface area contributed by atoms with Crippen LogP contribution in [0.1, 0.15) is 5.56 Å². The topological polar surface area (TPSA) is 88.5 Å². The minimum absolute atomic E-state index is 0.0653. The molecule has 144 valence electrons. The molecule has 1 aliphatic rings. The SMILES string of the molecule is COc1cc(C)ccc1OCC(=O)N1CCOC(CN(C)CC(=O)O)C1. The Hall–Kier alpha value is -2.32. The molecule has 1 fully saturated rings. The maximum atomic E-state index is 12.4. The van der Waals surface area contributed by atoms with Crippen LogP contribution in [-0.2, 0) is 14.3 Å². The number of rotatable bonds is 8. The molecule has 26 heavy (non-hydrogen) atoms. The molecule has 1 aromatic carbocycles. The zero-order chi connectivity index (χ0) is 19.1. The van der Waals surface area contributed by atoms with Crippen LogP contribution >= 0.6 is 0 Å². The highest BCUT2D eigenvalue weighted by Crippen LogP contribution is 2.27. The van der Waals surface area contributed by atoms with Crippen molar-refractivity contribution < 1.29 is 28.9 Å². The molecule has 1 amide bonds. The lowest BCUT2D eigenvalue weighted by atomic mass is 10.2. The number of amides is 1. The number of methoxy groups -OCH3 is 1. The van der Waals surface area contributed by atoms with Crippen molar-refractivity contribution in [3.8, 4) is 11.5 Å². The maximum Gasteiger partial charge on any atom is 0.317 e. The number of nitrogens with zero attached hydrogens (tertiary/aromatic N) is 2. The number of morpholine rings is 1. The normalized spacial score (nSPS) is 17.2. The smallest absolute Gasteiger partial charge is 0.317 e. The van der Waals surface area contributed by atoms with E-state index in [2.05, 4.69) is 0 Å². The van der Waals surface area contributed by atoms with Crippen LogP contribution in [0.3, 0.4) is 0 Å². The molecule has 8 heteroatoms. The van der Waals surface area contributed by atoms with E-state index in [1.54, 1.807) is 30.0 Å². The van der Waals surface area contributed by atoms with Crippen LogP contribution in [0.25, 0.3) is 0 Å². The quantitative estimate of drug-likeness (QED) is 0.722. The summed E-state index contributed by atoms with van der Waals surface area (Å²) in [6.07, 6.45) is -0.217. The van der Waals surface area contributed by atoms with Crippen molar-refractivity contribution in [2.75, 3.05) is 53.6 Å². The number of benzene rings is 1. The van der Waals surface area contributed by atoms with Crippen LogP contribution in [0.5, 0.6) is 11.5 Å². The first kappa shape index (κ1) is 20.0. The highest BCUT2D eigenvalue weighted by molar-refractivity contribution is 5.78. The Morgan fingerprint density at radius 2 is 2.15 bits per heavy atom. The number of aryl methyl sites for hydroxylation is 1. The number of carbonyl (C=O) groups excluding carboxylic acids is 1. The zero-order valence-electron chi connectivity index (χ0n) is 15.4. The summed E-state index contributed by atoms with van der Waals surface area (Å²) in [5.41, 5.74) is 1.04. The van der Waals surface area contributed by atoms with Crippen molar-refractivity contribution in [3.63, 3.8) is 0 Å². The van der Waals surface area contributed by atoms with Crippen LogP contribution in [-0.4, -0.2) is 86.4 Å². The van der Waals surface area contributed by atoms with Gasteiger partial charge in [-0.05, 0) is 31.7 Å². The molecule has 0 spiro atoms. The molecule has 1 aromatic rings. The summed E-state index contributed by atoms with van der Waals surface area (Å²) >= 11 is 0. The van der Waals surface area contributed by atoms with Gasteiger partial charge in [-0.15, -0.1) is 0 Å². The predicted molar refractivity (Wildman–Crippen MR) is 94.7 cm³/mol. The summed E-state index contributed by atoms with van der Waals surface area (Å²) < 4.78 is 16.5. The fourth-order valence-corrected chi connectivity index (χ4v) is 2.82. The molecule has 1 heterocycles. The lowest BCUT2D eigenvalue weighted by molar-refractivity contribution is -0.143. The molecule has 1 aliphatic heterocycles. The van der Waals surface area contributed by atoms with E-state index in [9.17, 15) is 9.59 Å². The number of carboxylic acid groups (broad SMARTS) is 1. The predicted octanol–water partition coefficient (Wildman–Crippen LogP) is 0.626. The molecule has 1 saturated heterocycles. The van der Waals surface area contributed by atoms with E-state index in [0.717, 1.165) is 5.56 Å². The second-order valence-corrected chi connectivity index (χ2v) is 6.37. The maximum absolute atomic E-state index is 12.4. The van der Waals surface area contributed by atoms with E-state index in [1.165, 1.54) is 0 Å². The molecule has 8 nitrogen and oxygen atoms in total. The van der Waals surface area contributed by atoms with Gasteiger partial charge in [-0.1, -0.05) is 6.07 Å². The van der Waals surface area contributed by atoms with E-state index in [0.29, 0.717) is 37.7 Å². The first-order chi connectivity index (χ1) is 12.4. The Bertz CT molecular complexity index is 636. The van der Waals surface area contributed by atoms with Gasteiger partial charge in [-0.2, -0.15) is 0 Å². The highest BCUT2D eigenvalue weighted by Gasteiger charge is 2.26. The number of hydrogen-bond donors (Lipinski definition) is 1. The van der Waals surface area contributed by atoms with Crippen molar-refractivity contribution in [2.45, 2.75) is 13.0 Å². The van der Waals surface area contributed by atoms with E-state index in [-0.39, 0.29) is 25.2 Å². The van der Waals surface area contributed by atoms with E-state index in [1.807, 2.05) is 19.1 Å². The average Bonchev–Trinajstić information content (AvgIpc) is 2.59. The summed E-state index contributed by atoms with van der Waals surface area (Å²) in [6.45, 7) is 3.57. The van der Waals surface area contributed by atoms with Crippen molar-refractivity contribution in [2.24, 2.45) is 0 Å². The van der Waals surface area contributed by atoms with Crippen molar-refractivity contribution in [1.82, 2.24) is 9.80 Å². The highest BCUT2D eigenvalue weighted by atomic mass is 16.5. The van der Waals surface area contributed by atoms with E-state index < -0.39 is 5.97 Å². The van der Waals surface area contributed by atoms with Gasteiger partial charge in [-0.25, -0.2) is 0 Å². The average molecular weight is 366 g/mol. The van der Waals surface area contributed by atoms with Crippen molar-refractivity contribution in [1.29, 1.82) is 0 Å². The van der Waals surface area contributed by atoms with Gasteiger partial charge < -0.3 is 24.2 Å². The second-order valence-electron chi connectivity index (χ2n) is 6.37. The van der Waals surface area contributed by atoms with Gasteiger partial charge >= 0.3 is 5.97 Å². The number of aliphatic carboxylic acids is 1. The Labute approximate surface area is 153 Å². The van der Waals surface area contributed by atoms with Crippen LogP contribution in [0.15, 0.2) is 18.2 Å². The molecule has 0 radical (unpaired) electrons. The minimum Gasteiger partial charge on any atom is -0.493 e. The second kappa shape index (κ2) is 9.40. The van der Waals surface area contributed by atoms with Gasteiger partial charge in [0.25, 0.3) is 5.91 Å². The van der Waals surface area contributed by atoms with E-state index in [4.69, 9.17) is 19.3 Å². The number of likely N-dealkylation sites (N-methyl/N-ethyl adjacent to an activating group) is 1. The van der Waals surface area contributed by atoms with Crippen LogP contribution in [0, 0.1) is 6.92 Å². The molecule has 1 N–H and O–H groups in total. The minimum atomic E-state index is -0.892. The van der Waals surface area contributed by atoms with Crippen LogP contribution in [0.2, 0.25) is 0 Å². The fraction of sp³-hybridized carbons (Fsp3) is 0.556. The molecule has 0 aromatic heterocycles. The zero-order valence-corrected chi connectivity index (χ0v) is 15.4. The van der Waals surface area contributed by atoms with E-state index >= 15 is 0 Å².